The molecule has 1 aliphatic rings. The molecule has 3 aromatic carbocycles. The van der Waals surface area contributed by atoms with Crippen molar-refractivity contribution in [2.75, 3.05) is 19.8 Å². The largest absolute Gasteiger partial charge is 0.490 e. The molecule has 1 amide bonds. The highest BCUT2D eigenvalue weighted by Crippen LogP contribution is 2.37. The van der Waals surface area contributed by atoms with Crippen LogP contribution >= 0.6 is 28.1 Å². The van der Waals surface area contributed by atoms with E-state index in [0.29, 0.717) is 62.4 Å². The third kappa shape index (κ3) is 9.05. The van der Waals surface area contributed by atoms with Gasteiger partial charge >= 0.3 is 5.97 Å². The van der Waals surface area contributed by atoms with Crippen molar-refractivity contribution >= 4 is 51.4 Å². The topological polar surface area (TPSA) is 120 Å². The van der Waals surface area contributed by atoms with Gasteiger partial charge in [-0.05, 0) is 85.2 Å². The zero-order valence-electron chi connectivity index (χ0n) is 25.4. The lowest BCUT2D eigenvalue weighted by atomic mass is 9.95. The average molecular weight is 696 g/mol. The number of halogens is 1. The van der Waals surface area contributed by atoms with Crippen LogP contribution in [0.5, 0.6) is 17.2 Å². The van der Waals surface area contributed by atoms with Crippen LogP contribution in [0.25, 0.3) is 0 Å². The Kier molecular flexibility index (Phi) is 11.9. The number of carbonyl (C=O) groups excluding carboxylic acids is 2. The lowest BCUT2D eigenvalue weighted by Crippen LogP contribution is -2.45. The van der Waals surface area contributed by atoms with E-state index in [-0.39, 0.29) is 13.2 Å². The summed E-state index contributed by atoms with van der Waals surface area (Å²) in [6.07, 6.45) is 1.50. The first-order valence-corrected chi connectivity index (χ1v) is 15.5. The molecular weight excluding hydrogens is 660 g/mol. The number of hydrogen-bond acceptors (Lipinski definition) is 8. The van der Waals surface area contributed by atoms with E-state index < -0.39 is 17.9 Å². The van der Waals surface area contributed by atoms with Gasteiger partial charge in [0.1, 0.15) is 12.4 Å². The Balaban J connectivity index is 1.41. The van der Waals surface area contributed by atoms with E-state index >= 15 is 0 Å². The van der Waals surface area contributed by atoms with Gasteiger partial charge in [-0.1, -0.05) is 48.0 Å². The minimum Gasteiger partial charge on any atom is -0.490 e. The van der Waals surface area contributed by atoms with Crippen LogP contribution in [0.3, 0.4) is 0 Å². The summed E-state index contributed by atoms with van der Waals surface area (Å²) in [6, 6.07) is 18.2. The molecule has 0 bridgehead atoms. The number of amides is 1. The number of rotatable bonds is 13. The summed E-state index contributed by atoms with van der Waals surface area (Å²) in [5, 5.41) is 10.5. The Morgan fingerprint density at radius 2 is 1.76 bits per heavy atom. The summed E-state index contributed by atoms with van der Waals surface area (Å²) in [5.74, 6) is 0.568. The molecular formula is C33H35BrN4O6S. The number of carbonyl (C=O) groups is 2. The van der Waals surface area contributed by atoms with Gasteiger partial charge in [0.2, 0.25) is 0 Å². The molecule has 0 radical (unpaired) electrons. The molecule has 1 atom stereocenters. The van der Waals surface area contributed by atoms with E-state index in [2.05, 4.69) is 37.1 Å². The first-order valence-electron chi connectivity index (χ1n) is 14.3. The number of para-hydroxylation sites is 1. The molecule has 10 nitrogen and oxygen atoms in total. The molecule has 1 heterocycles. The Labute approximate surface area is 276 Å². The molecule has 3 aromatic rings. The number of thiocarbonyl (C=S) groups is 1. The highest BCUT2D eigenvalue weighted by atomic mass is 79.9. The second-order valence-electron chi connectivity index (χ2n) is 9.95. The van der Waals surface area contributed by atoms with Gasteiger partial charge in [-0.25, -0.2) is 10.2 Å². The molecule has 0 aromatic heterocycles. The number of nitrogens with zero attached hydrogens (tertiary/aromatic N) is 1. The summed E-state index contributed by atoms with van der Waals surface area (Å²) < 4.78 is 23.7. The SMILES string of the molecule is CCOC(=O)C1=C(C)NC(=S)N[C@@H]1c1ccccc1OCC(=O)NN=Cc1cc(Br)c(OCc2ccc(C)cc2)c(OCC)c1. The zero-order valence-corrected chi connectivity index (χ0v) is 27.8. The van der Waals surface area contributed by atoms with Gasteiger partial charge in [0, 0.05) is 11.3 Å². The van der Waals surface area contributed by atoms with Crippen LogP contribution in [0.4, 0.5) is 0 Å². The van der Waals surface area contributed by atoms with Crippen molar-refractivity contribution in [3.63, 3.8) is 0 Å². The van der Waals surface area contributed by atoms with E-state index in [1.807, 2.05) is 50.2 Å². The van der Waals surface area contributed by atoms with Gasteiger partial charge in [-0.2, -0.15) is 5.10 Å². The molecule has 3 N–H and O–H groups in total. The Morgan fingerprint density at radius 3 is 2.49 bits per heavy atom. The maximum Gasteiger partial charge on any atom is 0.338 e. The zero-order chi connectivity index (χ0) is 32.3. The van der Waals surface area contributed by atoms with Crippen molar-refractivity contribution in [1.82, 2.24) is 16.1 Å². The second-order valence-corrected chi connectivity index (χ2v) is 11.2. The normalized spacial score (nSPS) is 14.4. The molecule has 4 rings (SSSR count). The summed E-state index contributed by atoms with van der Waals surface area (Å²) in [6.45, 7) is 8.15. The highest BCUT2D eigenvalue weighted by Gasteiger charge is 2.32. The summed E-state index contributed by atoms with van der Waals surface area (Å²) in [7, 11) is 0. The van der Waals surface area contributed by atoms with E-state index in [0.717, 1.165) is 5.56 Å². The number of ether oxygens (including phenoxy) is 4. The Hall–Kier alpha value is -4.42. The minimum absolute atomic E-state index is 0.224. The summed E-state index contributed by atoms with van der Waals surface area (Å²) >= 11 is 8.90. The predicted molar refractivity (Wildman–Crippen MR) is 179 cm³/mol. The lowest BCUT2D eigenvalue weighted by molar-refractivity contribution is -0.139. The van der Waals surface area contributed by atoms with E-state index in [1.165, 1.54) is 11.8 Å². The number of aryl methyl sites for hydroxylation is 1. The van der Waals surface area contributed by atoms with Crippen molar-refractivity contribution in [2.45, 2.75) is 40.3 Å². The fourth-order valence-corrected chi connectivity index (χ4v) is 5.36. The van der Waals surface area contributed by atoms with Crippen molar-refractivity contribution in [1.29, 1.82) is 0 Å². The molecule has 0 spiro atoms. The molecule has 236 valence electrons. The predicted octanol–water partition coefficient (Wildman–Crippen LogP) is 5.62. The average Bonchev–Trinajstić information content (AvgIpc) is 3.00. The fourth-order valence-electron chi connectivity index (χ4n) is 4.52. The molecule has 0 aliphatic carbocycles. The van der Waals surface area contributed by atoms with E-state index in [1.54, 1.807) is 38.1 Å². The van der Waals surface area contributed by atoms with Gasteiger partial charge in [-0.15, -0.1) is 0 Å². The van der Waals surface area contributed by atoms with Gasteiger partial charge < -0.3 is 29.6 Å². The molecule has 45 heavy (non-hydrogen) atoms. The third-order valence-corrected chi connectivity index (χ3v) is 7.40. The third-order valence-electron chi connectivity index (χ3n) is 6.59. The Bertz CT molecular complexity index is 1610. The quantitative estimate of drug-likeness (QED) is 0.0907. The highest BCUT2D eigenvalue weighted by molar-refractivity contribution is 9.10. The van der Waals surface area contributed by atoms with Gasteiger partial charge in [0.25, 0.3) is 5.91 Å². The van der Waals surface area contributed by atoms with Crippen LogP contribution in [0.15, 0.2) is 81.5 Å². The number of esters is 1. The second kappa shape index (κ2) is 16.1. The smallest absolute Gasteiger partial charge is 0.338 e. The molecule has 0 unspecified atom stereocenters. The van der Waals surface area contributed by atoms with Gasteiger partial charge in [0.15, 0.2) is 23.2 Å². The van der Waals surface area contributed by atoms with Crippen LogP contribution in [0.2, 0.25) is 0 Å². The van der Waals surface area contributed by atoms with Gasteiger partial charge in [0.05, 0.1) is 35.5 Å². The first kappa shape index (κ1) is 33.5. The van der Waals surface area contributed by atoms with Crippen molar-refractivity contribution in [3.05, 3.63) is 98.7 Å². The maximum atomic E-state index is 12.8. The fraction of sp³-hybridized carbons (Fsp3) is 0.273. The van der Waals surface area contributed by atoms with E-state index in [4.69, 9.17) is 31.2 Å². The maximum absolute atomic E-state index is 12.8. The van der Waals surface area contributed by atoms with Crippen LogP contribution in [-0.2, 0) is 20.9 Å². The standard InChI is InChI=1S/C33H35BrN4O6S/c1-5-41-27-16-23(15-25(34)31(27)44-18-22-13-11-20(3)12-14-22)17-35-38-28(39)19-43-26-10-8-7-9-24(26)30-29(32(40)42-6-2)21(4)36-33(45)37-30/h7-17,30H,5-6,18-19H2,1-4H3,(H,38,39)(H2,36,37,45)/t30-/m1/s1. The van der Waals surface area contributed by atoms with E-state index in [9.17, 15) is 9.59 Å². The molecule has 1 aliphatic heterocycles. The van der Waals surface area contributed by atoms with Crippen molar-refractivity contribution < 1.29 is 28.5 Å². The number of allylic oxidation sites excluding steroid dienone is 1. The van der Waals surface area contributed by atoms with Crippen molar-refractivity contribution in [3.8, 4) is 17.2 Å². The number of hydrogen-bond donors (Lipinski definition) is 3. The first-order chi connectivity index (χ1) is 21.7. The molecule has 12 heteroatoms. The summed E-state index contributed by atoms with van der Waals surface area (Å²) in [5.41, 5.74) is 6.96. The molecule has 0 fully saturated rings. The summed E-state index contributed by atoms with van der Waals surface area (Å²) in [4.78, 5) is 25.4. The minimum atomic E-state index is -0.628. The number of hydrazone groups is 1. The van der Waals surface area contributed by atoms with Crippen LogP contribution in [0, 0.1) is 6.92 Å². The monoisotopic (exact) mass is 694 g/mol. The number of nitrogens with one attached hydrogen (secondary N) is 3. The van der Waals surface area contributed by atoms with Crippen LogP contribution in [0.1, 0.15) is 49.1 Å². The molecule has 0 saturated carbocycles. The van der Waals surface area contributed by atoms with Gasteiger partial charge in [-0.3, -0.25) is 4.79 Å². The lowest BCUT2D eigenvalue weighted by Gasteiger charge is -2.30. The number of benzene rings is 3. The Morgan fingerprint density at radius 1 is 1.00 bits per heavy atom. The van der Waals surface area contributed by atoms with Crippen molar-refractivity contribution in [2.24, 2.45) is 5.10 Å². The van der Waals surface area contributed by atoms with Crippen LogP contribution in [-0.4, -0.2) is 43.0 Å². The van der Waals surface area contributed by atoms with Crippen LogP contribution < -0.4 is 30.3 Å². The molecule has 0 saturated heterocycles.